The Morgan fingerprint density at radius 1 is 0.788 bits per heavy atom. The van der Waals surface area contributed by atoms with Crippen LogP contribution in [0.1, 0.15) is 15.9 Å². The molecule has 0 fully saturated rings. The maximum absolute atomic E-state index is 12.9. The van der Waals surface area contributed by atoms with Crippen molar-refractivity contribution in [2.24, 2.45) is 0 Å². The Morgan fingerprint density at radius 2 is 1.48 bits per heavy atom. The standard InChI is InChI=1S/C27H24O5S/c1-29-22-12-10-19(26-16-18-7-5-6-8-25(18)33-26)13-17(22)9-11-21(28)20-14-23(30-2)27(32-4)24(15-20)31-3/h5-16H,1-4H3. The summed E-state index contributed by atoms with van der Waals surface area (Å²) < 4.78 is 22.8. The Kier molecular flexibility index (Phi) is 6.66. The van der Waals surface area contributed by atoms with Crippen LogP contribution in [0.15, 0.2) is 66.7 Å². The van der Waals surface area contributed by atoms with Gasteiger partial charge < -0.3 is 18.9 Å². The fourth-order valence-electron chi connectivity index (χ4n) is 3.63. The molecule has 168 valence electrons. The lowest BCUT2D eigenvalue weighted by Gasteiger charge is -2.13. The van der Waals surface area contributed by atoms with Crippen LogP contribution < -0.4 is 18.9 Å². The minimum atomic E-state index is -0.191. The summed E-state index contributed by atoms with van der Waals surface area (Å²) in [6.45, 7) is 0. The van der Waals surface area contributed by atoms with E-state index in [-0.39, 0.29) is 5.78 Å². The molecule has 0 saturated carbocycles. The zero-order valence-electron chi connectivity index (χ0n) is 18.9. The van der Waals surface area contributed by atoms with Gasteiger partial charge in [-0.2, -0.15) is 0 Å². The molecule has 0 amide bonds. The van der Waals surface area contributed by atoms with Gasteiger partial charge in [-0.3, -0.25) is 4.79 Å². The molecular weight excluding hydrogens is 436 g/mol. The molecule has 4 rings (SSSR count). The second kappa shape index (κ2) is 9.79. The summed E-state index contributed by atoms with van der Waals surface area (Å²) in [6, 6.07) is 19.7. The quantitative estimate of drug-likeness (QED) is 0.222. The lowest BCUT2D eigenvalue weighted by atomic mass is 10.0. The summed E-state index contributed by atoms with van der Waals surface area (Å²) in [5, 5.41) is 1.21. The van der Waals surface area contributed by atoms with Crippen LogP contribution in [-0.4, -0.2) is 34.2 Å². The summed E-state index contributed by atoms with van der Waals surface area (Å²) >= 11 is 1.73. The minimum absolute atomic E-state index is 0.191. The highest BCUT2D eigenvalue weighted by Gasteiger charge is 2.16. The van der Waals surface area contributed by atoms with Gasteiger partial charge in [0, 0.05) is 20.7 Å². The molecule has 1 aromatic heterocycles. The van der Waals surface area contributed by atoms with Crippen LogP contribution in [0, 0.1) is 0 Å². The van der Waals surface area contributed by atoms with Gasteiger partial charge in [-0.1, -0.05) is 18.2 Å². The molecule has 6 heteroatoms. The van der Waals surface area contributed by atoms with Crippen molar-refractivity contribution in [3.63, 3.8) is 0 Å². The maximum atomic E-state index is 12.9. The highest BCUT2D eigenvalue weighted by molar-refractivity contribution is 7.22. The number of carbonyl (C=O) groups is 1. The molecule has 4 aromatic rings. The number of fused-ring (bicyclic) bond motifs is 1. The van der Waals surface area contributed by atoms with Gasteiger partial charge in [0.05, 0.1) is 28.4 Å². The predicted octanol–water partition coefficient (Wildman–Crippen LogP) is 6.50. The lowest BCUT2D eigenvalue weighted by Crippen LogP contribution is -2.00. The lowest BCUT2D eigenvalue weighted by molar-refractivity contribution is 0.104. The average molecular weight is 461 g/mol. The summed E-state index contributed by atoms with van der Waals surface area (Å²) in [6.07, 6.45) is 3.29. The maximum Gasteiger partial charge on any atom is 0.203 e. The summed E-state index contributed by atoms with van der Waals surface area (Å²) in [4.78, 5) is 14.1. The molecule has 0 N–H and O–H groups in total. The fraction of sp³-hybridized carbons (Fsp3) is 0.148. The number of benzene rings is 3. The minimum Gasteiger partial charge on any atom is -0.496 e. The van der Waals surface area contributed by atoms with Gasteiger partial charge in [-0.05, 0) is 65.6 Å². The van der Waals surface area contributed by atoms with E-state index in [9.17, 15) is 4.79 Å². The van der Waals surface area contributed by atoms with Crippen molar-refractivity contribution in [2.45, 2.75) is 0 Å². The number of methoxy groups -OCH3 is 4. The first-order chi connectivity index (χ1) is 16.1. The Balaban J connectivity index is 1.67. The number of allylic oxidation sites excluding steroid dienone is 1. The van der Waals surface area contributed by atoms with Gasteiger partial charge in [0.15, 0.2) is 17.3 Å². The fourth-order valence-corrected chi connectivity index (χ4v) is 4.69. The van der Waals surface area contributed by atoms with E-state index >= 15 is 0 Å². The zero-order chi connectivity index (χ0) is 23.4. The van der Waals surface area contributed by atoms with Crippen LogP contribution in [0.3, 0.4) is 0 Å². The largest absolute Gasteiger partial charge is 0.496 e. The summed E-state index contributed by atoms with van der Waals surface area (Å²) in [7, 11) is 6.18. The van der Waals surface area contributed by atoms with Crippen molar-refractivity contribution in [1.82, 2.24) is 0 Å². The third-order valence-corrected chi connectivity index (χ3v) is 6.47. The number of ether oxygens (including phenoxy) is 4. The van der Waals surface area contributed by atoms with Crippen LogP contribution >= 0.6 is 11.3 Å². The second-order valence-corrected chi connectivity index (χ2v) is 8.30. The number of thiophene rings is 1. The van der Waals surface area contributed by atoms with E-state index in [0.29, 0.717) is 28.6 Å². The molecule has 0 aliphatic carbocycles. The normalized spacial score (nSPS) is 11.0. The molecule has 0 unspecified atom stereocenters. The van der Waals surface area contributed by atoms with Crippen molar-refractivity contribution in [3.8, 4) is 33.4 Å². The van der Waals surface area contributed by atoms with Crippen molar-refractivity contribution in [1.29, 1.82) is 0 Å². The van der Waals surface area contributed by atoms with Gasteiger partial charge >= 0.3 is 0 Å². The first-order valence-corrected chi connectivity index (χ1v) is 11.1. The van der Waals surface area contributed by atoms with Gasteiger partial charge in [-0.25, -0.2) is 0 Å². The highest BCUT2D eigenvalue weighted by atomic mass is 32.1. The van der Waals surface area contributed by atoms with Crippen molar-refractivity contribution in [3.05, 3.63) is 77.9 Å². The van der Waals surface area contributed by atoms with Crippen LogP contribution in [0.4, 0.5) is 0 Å². The molecule has 0 atom stereocenters. The van der Waals surface area contributed by atoms with Crippen molar-refractivity contribution in [2.75, 3.05) is 28.4 Å². The van der Waals surface area contributed by atoms with E-state index in [2.05, 4.69) is 18.2 Å². The molecule has 0 aliphatic rings. The predicted molar refractivity (Wildman–Crippen MR) is 133 cm³/mol. The van der Waals surface area contributed by atoms with E-state index in [1.165, 1.54) is 37.5 Å². The molecule has 0 saturated heterocycles. The molecule has 5 nitrogen and oxygen atoms in total. The Morgan fingerprint density at radius 3 is 2.12 bits per heavy atom. The van der Waals surface area contributed by atoms with Gasteiger partial charge in [0.1, 0.15) is 5.75 Å². The molecule has 3 aromatic carbocycles. The molecule has 33 heavy (non-hydrogen) atoms. The summed E-state index contributed by atoms with van der Waals surface area (Å²) in [5.74, 6) is 1.80. The SMILES string of the molecule is COc1ccc(-c2cc3ccccc3s2)cc1C=CC(=O)c1cc(OC)c(OC)c(OC)c1. The molecule has 0 radical (unpaired) electrons. The molecule has 0 bridgehead atoms. The zero-order valence-corrected chi connectivity index (χ0v) is 19.7. The number of hydrogen-bond donors (Lipinski definition) is 0. The number of carbonyl (C=O) groups excluding carboxylic acids is 1. The van der Waals surface area contributed by atoms with E-state index in [0.717, 1.165) is 16.0 Å². The van der Waals surface area contributed by atoms with Crippen LogP contribution in [0.25, 0.3) is 26.6 Å². The Labute approximate surface area is 196 Å². The topological polar surface area (TPSA) is 54.0 Å². The van der Waals surface area contributed by atoms with Gasteiger partial charge in [0.25, 0.3) is 0 Å². The van der Waals surface area contributed by atoms with E-state index in [1.807, 2.05) is 30.3 Å². The number of ketones is 1. The van der Waals surface area contributed by atoms with Gasteiger partial charge in [-0.15, -0.1) is 11.3 Å². The molecule has 0 spiro atoms. The number of rotatable bonds is 8. The van der Waals surface area contributed by atoms with Crippen molar-refractivity contribution >= 4 is 33.3 Å². The summed E-state index contributed by atoms with van der Waals surface area (Å²) in [5.41, 5.74) is 2.31. The Hall–Kier alpha value is -3.77. The van der Waals surface area contributed by atoms with Crippen LogP contribution in [0.5, 0.6) is 23.0 Å². The van der Waals surface area contributed by atoms with Gasteiger partial charge in [0.2, 0.25) is 5.75 Å². The van der Waals surface area contributed by atoms with E-state index < -0.39 is 0 Å². The van der Waals surface area contributed by atoms with Crippen LogP contribution in [-0.2, 0) is 0 Å². The monoisotopic (exact) mass is 460 g/mol. The second-order valence-electron chi connectivity index (χ2n) is 7.22. The number of hydrogen-bond acceptors (Lipinski definition) is 6. The molecule has 0 aliphatic heterocycles. The smallest absolute Gasteiger partial charge is 0.203 e. The first-order valence-electron chi connectivity index (χ1n) is 10.3. The molecule has 1 heterocycles. The first kappa shape index (κ1) is 22.4. The molecular formula is C27H24O5S. The van der Waals surface area contributed by atoms with E-state index in [1.54, 1.807) is 36.7 Å². The third-order valence-electron chi connectivity index (χ3n) is 5.30. The van der Waals surface area contributed by atoms with Crippen LogP contribution in [0.2, 0.25) is 0 Å². The highest BCUT2D eigenvalue weighted by Crippen LogP contribution is 2.39. The van der Waals surface area contributed by atoms with Crippen molar-refractivity contribution < 1.29 is 23.7 Å². The van der Waals surface area contributed by atoms with E-state index in [4.69, 9.17) is 18.9 Å². The Bertz CT molecular complexity index is 1280. The average Bonchev–Trinajstić information content (AvgIpc) is 3.30. The third kappa shape index (κ3) is 4.56.